The zero-order valence-corrected chi connectivity index (χ0v) is 15.6. The second-order valence-corrected chi connectivity index (χ2v) is 6.88. The first-order valence-corrected chi connectivity index (χ1v) is 8.98. The van der Waals surface area contributed by atoms with Crippen molar-refractivity contribution >= 4 is 16.6 Å². The molecule has 1 saturated heterocycles. The highest BCUT2D eigenvalue weighted by Gasteiger charge is 2.28. The minimum atomic E-state index is -0.364. The molecule has 1 unspecified atom stereocenters. The summed E-state index contributed by atoms with van der Waals surface area (Å²) in [4.78, 5) is 17.5. The summed E-state index contributed by atoms with van der Waals surface area (Å²) < 4.78 is 5.42. The van der Waals surface area contributed by atoms with Gasteiger partial charge in [-0.1, -0.05) is 43.0 Å². The number of rotatable bonds is 6. The maximum Gasteiger partial charge on any atom is 0.184 e. The minimum Gasteiger partial charge on any atom is -0.379 e. The van der Waals surface area contributed by atoms with Gasteiger partial charge in [-0.15, -0.1) is 5.73 Å². The molecule has 136 valence electrons. The molecule has 3 rings (SSSR count). The number of hydrogen-bond acceptors (Lipinski definition) is 4. The predicted octanol–water partition coefficient (Wildman–Crippen LogP) is 3.00. The second-order valence-electron chi connectivity index (χ2n) is 6.88. The van der Waals surface area contributed by atoms with Crippen LogP contribution in [0.5, 0.6) is 0 Å². The van der Waals surface area contributed by atoms with Crippen LogP contribution in [0, 0.1) is 0 Å². The van der Waals surface area contributed by atoms with Crippen LogP contribution in [0.1, 0.15) is 10.4 Å². The van der Waals surface area contributed by atoms with Gasteiger partial charge in [0.1, 0.15) is 6.04 Å². The summed E-state index contributed by atoms with van der Waals surface area (Å²) in [6.07, 6.45) is 0. The number of benzene rings is 2. The molecular weight excluding hydrogens is 324 g/mol. The topological polar surface area (TPSA) is 32.8 Å². The number of fused-ring (bicyclic) bond motifs is 1. The Hall–Kier alpha value is -2.23. The summed E-state index contributed by atoms with van der Waals surface area (Å²) >= 11 is 0. The fraction of sp³-hybridized carbons (Fsp3) is 0.364. The zero-order chi connectivity index (χ0) is 18.5. The van der Waals surface area contributed by atoms with E-state index in [1.807, 2.05) is 55.4 Å². The summed E-state index contributed by atoms with van der Waals surface area (Å²) in [6.45, 7) is 7.75. The van der Waals surface area contributed by atoms with Crippen molar-refractivity contribution in [1.82, 2.24) is 9.80 Å². The van der Waals surface area contributed by atoms with Crippen LogP contribution in [0.4, 0.5) is 0 Å². The van der Waals surface area contributed by atoms with E-state index < -0.39 is 0 Å². The SMILES string of the molecule is C=C=C(CN1CCOCC1)C(C(=O)c1ccc2ccccc2c1)N(C)C. The van der Waals surface area contributed by atoms with Crippen LogP contribution in [0.2, 0.25) is 0 Å². The Kier molecular flexibility index (Phi) is 6.02. The fourth-order valence-corrected chi connectivity index (χ4v) is 3.44. The van der Waals surface area contributed by atoms with E-state index >= 15 is 0 Å². The first-order chi connectivity index (χ1) is 12.6. The van der Waals surface area contributed by atoms with Gasteiger partial charge in [0.25, 0.3) is 0 Å². The molecule has 0 bridgehead atoms. The van der Waals surface area contributed by atoms with E-state index in [2.05, 4.69) is 23.3 Å². The Morgan fingerprint density at radius 2 is 1.88 bits per heavy atom. The van der Waals surface area contributed by atoms with E-state index in [4.69, 9.17) is 4.74 Å². The van der Waals surface area contributed by atoms with Crippen LogP contribution >= 0.6 is 0 Å². The van der Waals surface area contributed by atoms with Crippen molar-refractivity contribution in [3.8, 4) is 0 Å². The van der Waals surface area contributed by atoms with Crippen LogP contribution < -0.4 is 0 Å². The normalized spacial score (nSPS) is 16.4. The van der Waals surface area contributed by atoms with E-state index in [9.17, 15) is 4.79 Å². The van der Waals surface area contributed by atoms with Crippen molar-refractivity contribution in [1.29, 1.82) is 0 Å². The Morgan fingerprint density at radius 1 is 1.19 bits per heavy atom. The maximum atomic E-state index is 13.3. The van der Waals surface area contributed by atoms with Crippen LogP contribution in [-0.4, -0.2) is 68.6 Å². The maximum absolute atomic E-state index is 13.3. The molecule has 4 nitrogen and oxygen atoms in total. The molecule has 26 heavy (non-hydrogen) atoms. The average Bonchev–Trinajstić information content (AvgIpc) is 2.67. The standard InChI is InChI=1S/C22H26N2O2/c1-4-17(16-24-11-13-26-14-12-24)21(23(2)3)22(25)20-10-9-18-7-5-6-8-19(18)15-20/h5-10,15,21H,1,11-14,16H2,2-3H3. The lowest BCUT2D eigenvalue weighted by molar-refractivity contribution is 0.0407. The number of ether oxygens (including phenoxy) is 1. The highest BCUT2D eigenvalue weighted by Crippen LogP contribution is 2.20. The number of ketones is 1. The van der Waals surface area contributed by atoms with Crippen LogP contribution in [0.3, 0.4) is 0 Å². The van der Waals surface area contributed by atoms with Crippen LogP contribution in [0.15, 0.2) is 60.3 Å². The Morgan fingerprint density at radius 3 is 2.54 bits per heavy atom. The molecule has 1 heterocycles. The van der Waals surface area contributed by atoms with Gasteiger partial charge >= 0.3 is 0 Å². The Labute approximate surface area is 155 Å². The number of carbonyl (C=O) groups excluding carboxylic acids is 1. The van der Waals surface area contributed by atoms with Crippen molar-refractivity contribution in [2.75, 3.05) is 46.9 Å². The number of likely N-dealkylation sites (N-methyl/N-ethyl adjacent to an activating group) is 1. The molecule has 1 aliphatic heterocycles. The van der Waals surface area contributed by atoms with Gasteiger partial charge in [0.15, 0.2) is 5.78 Å². The molecule has 0 radical (unpaired) electrons. The van der Waals surface area contributed by atoms with Gasteiger partial charge in [0, 0.05) is 30.8 Å². The third kappa shape index (κ3) is 4.12. The smallest absolute Gasteiger partial charge is 0.184 e. The minimum absolute atomic E-state index is 0.0835. The quantitative estimate of drug-likeness (QED) is 0.592. The molecule has 2 aromatic carbocycles. The van der Waals surface area contributed by atoms with Gasteiger partial charge in [-0.2, -0.15) is 0 Å². The molecule has 0 aromatic heterocycles. The third-order valence-corrected chi connectivity index (χ3v) is 4.85. The van der Waals surface area contributed by atoms with E-state index in [0.717, 1.165) is 48.2 Å². The van der Waals surface area contributed by atoms with Gasteiger partial charge in [-0.05, 0) is 30.9 Å². The van der Waals surface area contributed by atoms with Crippen LogP contribution in [-0.2, 0) is 4.74 Å². The van der Waals surface area contributed by atoms with Gasteiger partial charge in [-0.3, -0.25) is 14.6 Å². The lowest BCUT2D eigenvalue weighted by Crippen LogP contribution is -2.44. The molecule has 1 aliphatic rings. The van der Waals surface area contributed by atoms with E-state index in [1.54, 1.807) is 0 Å². The third-order valence-electron chi connectivity index (χ3n) is 4.85. The summed E-state index contributed by atoms with van der Waals surface area (Å²) in [7, 11) is 3.86. The zero-order valence-electron chi connectivity index (χ0n) is 15.6. The largest absolute Gasteiger partial charge is 0.379 e. The van der Waals surface area contributed by atoms with Gasteiger partial charge < -0.3 is 4.74 Å². The number of Topliss-reactive ketones (excluding diaryl/α,β-unsaturated/α-hetero) is 1. The van der Waals surface area contributed by atoms with E-state index in [1.165, 1.54) is 0 Å². The summed E-state index contributed by atoms with van der Waals surface area (Å²) in [6, 6.07) is 13.6. The van der Waals surface area contributed by atoms with Crippen molar-refractivity contribution in [3.63, 3.8) is 0 Å². The van der Waals surface area contributed by atoms with Crippen molar-refractivity contribution in [2.45, 2.75) is 6.04 Å². The van der Waals surface area contributed by atoms with Gasteiger partial charge in [0.2, 0.25) is 0 Å². The van der Waals surface area contributed by atoms with E-state index in [-0.39, 0.29) is 11.8 Å². The van der Waals surface area contributed by atoms with Gasteiger partial charge in [0.05, 0.1) is 13.2 Å². The Bertz CT molecular complexity index is 831. The van der Waals surface area contributed by atoms with Crippen molar-refractivity contribution < 1.29 is 9.53 Å². The fourth-order valence-electron chi connectivity index (χ4n) is 3.44. The molecule has 2 aromatic rings. The molecule has 0 spiro atoms. The molecule has 0 aliphatic carbocycles. The lowest BCUT2D eigenvalue weighted by Gasteiger charge is -2.31. The summed E-state index contributed by atoms with van der Waals surface area (Å²) in [5.41, 5.74) is 4.67. The molecular formula is C22H26N2O2. The average molecular weight is 350 g/mol. The second kappa shape index (κ2) is 8.43. The van der Waals surface area contributed by atoms with E-state index in [0.29, 0.717) is 6.54 Å². The van der Waals surface area contributed by atoms with Gasteiger partial charge in [-0.25, -0.2) is 0 Å². The highest BCUT2D eigenvalue weighted by atomic mass is 16.5. The monoisotopic (exact) mass is 350 g/mol. The number of morpholine rings is 1. The summed E-state index contributed by atoms with van der Waals surface area (Å²) in [5, 5.41) is 2.21. The molecule has 0 amide bonds. The van der Waals surface area contributed by atoms with Crippen molar-refractivity contribution in [3.05, 3.63) is 65.9 Å². The number of nitrogens with zero attached hydrogens (tertiary/aromatic N) is 2. The molecule has 1 fully saturated rings. The first-order valence-electron chi connectivity index (χ1n) is 8.98. The number of hydrogen-bond donors (Lipinski definition) is 0. The first kappa shape index (κ1) is 18.6. The van der Waals surface area contributed by atoms with Crippen LogP contribution in [0.25, 0.3) is 10.8 Å². The number of carbonyl (C=O) groups is 1. The Balaban J connectivity index is 1.87. The predicted molar refractivity (Wildman–Crippen MR) is 106 cm³/mol. The molecule has 4 heteroatoms. The molecule has 0 N–H and O–H groups in total. The summed E-state index contributed by atoms with van der Waals surface area (Å²) in [5.74, 6) is 0.0835. The molecule has 1 atom stereocenters. The highest BCUT2D eigenvalue weighted by molar-refractivity contribution is 6.04. The van der Waals surface area contributed by atoms with Crippen molar-refractivity contribution in [2.24, 2.45) is 0 Å². The molecule has 0 saturated carbocycles. The lowest BCUT2D eigenvalue weighted by atomic mass is 9.94.